The number of esters is 1. The molecular weight excluding hydrogens is 316 g/mol. The molecule has 0 fully saturated rings. The van der Waals surface area contributed by atoms with Crippen LogP contribution in [0.4, 0.5) is 0 Å². The summed E-state index contributed by atoms with van der Waals surface area (Å²) < 4.78 is 34.4. The standard InChI is InChI=1S/C16H24N2O4S/c1-12-9-7-5-4-6-8-10-13-14(23(20,21)17-12)11-18(2)15(13)16(19)22-3/h6,8,11-12,17H,4-5,7,9-10H2,1-3H3/b8-6-. The lowest BCUT2D eigenvalue weighted by Gasteiger charge is -2.15. The molecule has 0 saturated heterocycles. The number of hydrogen-bond donors (Lipinski definition) is 1. The Labute approximate surface area is 137 Å². The quantitative estimate of drug-likeness (QED) is 0.628. The number of fused-ring (bicyclic) bond motifs is 1. The maximum Gasteiger partial charge on any atom is 0.355 e. The fourth-order valence-corrected chi connectivity index (χ4v) is 4.44. The number of sulfonamides is 1. The molecule has 2 heterocycles. The van der Waals surface area contributed by atoms with Crippen LogP contribution < -0.4 is 4.72 Å². The van der Waals surface area contributed by atoms with E-state index in [4.69, 9.17) is 4.74 Å². The van der Waals surface area contributed by atoms with Gasteiger partial charge < -0.3 is 9.30 Å². The predicted molar refractivity (Wildman–Crippen MR) is 87.8 cm³/mol. The minimum atomic E-state index is -3.67. The lowest BCUT2D eigenvalue weighted by Crippen LogP contribution is -2.33. The Morgan fingerprint density at radius 1 is 1.35 bits per heavy atom. The number of nitrogens with zero attached hydrogens (tertiary/aromatic N) is 1. The number of carbonyl (C=O) groups is 1. The molecule has 0 aromatic carbocycles. The third-order valence-electron chi connectivity index (χ3n) is 4.02. The minimum Gasteiger partial charge on any atom is -0.464 e. The van der Waals surface area contributed by atoms with Crippen molar-refractivity contribution in [1.82, 2.24) is 9.29 Å². The number of allylic oxidation sites excluding steroid dienone is 2. The Morgan fingerprint density at radius 3 is 2.78 bits per heavy atom. The van der Waals surface area contributed by atoms with Gasteiger partial charge in [0.05, 0.1) is 7.11 Å². The first-order valence-electron chi connectivity index (χ1n) is 7.80. The van der Waals surface area contributed by atoms with E-state index in [0.29, 0.717) is 12.0 Å². The summed E-state index contributed by atoms with van der Waals surface area (Å²) in [6, 6.07) is -0.141. The van der Waals surface area contributed by atoms with Crippen molar-refractivity contribution in [3.8, 4) is 0 Å². The number of ether oxygens (including phenoxy) is 1. The Bertz CT molecular complexity index is 704. The molecule has 7 heteroatoms. The van der Waals surface area contributed by atoms with Crippen molar-refractivity contribution in [3.05, 3.63) is 29.6 Å². The summed E-state index contributed by atoms with van der Waals surface area (Å²) in [5.74, 6) is -0.530. The number of carbonyl (C=O) groups excluding carboxylic acids is 1. The molecule has 0 bridgehead atoms. The van der Waals surface area contributed by atoms with Gasteiger partial charge >= 0.3 is 5.97 Å². The van der Waals surface area contributed by atoms with Crippen molar-refractivity contribution in [1.29, 1.82) is 0 Å². The van der Waals surface area contributed by atoms with Crippen LogP contribution in [-0.2, 0) is 28.2 Å². The summed E-state index contributed by atoms with van der Waals surface area (Å²) in [6.45, 7) is 1.86. The van der Waals surface area contributed by atoms with Crippen molar-refractivity contribution >= 4 is 16.0 Å². The third kappa shape index (κ3) is 4.03. The second-order valence-corrected chi connectivity index (χ2v) is 7.59. The van der Waals surface area contributed by atoms with Crippen LogP contribution >= 0.6 is 0 Å². The zero-order chi connectivity index (χ0) is 17.0. The summed E-state index contributed by atoms with van der Waals surface area (Å²) >= 11 is 0. The van der Waals surface area contributed by atoms with Crippen molar-refractivity contribution in [2.75, 3.05) is 7.11 Å². The minimum absolute atomic E-state index is 0.141. The van der Waals surface area contributed by atoms with E-state index in [0.717, 1.165) is 25.7 Å². The molecule has 0 radical (unpaired) electrons. The summed E-state index contributed by atoms with van der Waals surface area (Å²) in [4.78, 5) is 12.2. The summed E-state index contributed by atoms with van der Waals surface area (Å²) in [7, 11) is -0.728. The highest BCUT2D eigenvalue weighted by molar-refractivity contribution is 7.89. The van der Waals surface area contributed by atoms with E-state index >= 15 is 0 Å². The van der Waals surface area contributed by atoms with E-state index < -0.39 is 16.0 Å². The SMILES string of the molecule is COC(=O)c1c2c(cn1C)S(=O)(=O)NC(C)CCCC/C=C\C2. The van der Waals surface area contributed by atoms with Crippen LogP contribution in [0, 0.1) is 0 Å². The Hall–Kier alpha value is -1.60. The highest BCUT2D eigenvalue weighted by Crippen LogP contribution is 2.25. The average molecular weight is 340 g/mol. The maximum atomic E-state index is 12.7. The van der Waals surface area contributed by atoms with Crippen LogP contribution in [0.25, 0.3) is 0 Å². The van der Waals surface area contributed by atoms with Gasteiger partial charge in [-0.25, -0.2) is 17.9 Å². The molecule has 1 N–H and O–H groups in total. The molecule has 1 unspecified atom stereocenters. The number of aromatic nitrogens is 1. The second kappa shape index (κ2) is 7.31. The summed E-state index contributed by atoms with van der Waals surface area (Å²) in [5.41, 5.74) is 0.762. The van der Waals surface area contributed by atoms with E-state index in [1.807, 2.05) is 19.1 Å². The molecule has 6 nitrogen and oxygen atoms in total. The van der Waals surface area contributed by atoms with Gasteiger partial charge in [-0.05, 0) is 32.6 Å². The van der Waals surface area contributed by atoms with E-state index in [2.05, 4.69) is 4.72 Å². The van der Waals surface area contributed by atoms with Crippen molar-refractivity contribution in [2.45, 2.75) is 50.0 Å². The highest BCUT2D eigenvalue weighted by Gasteiger charge is 2.28. The fourth-order valence-electron chi connectivity index (χ4n) is 2.86. The molecule has 1 aromatic rings. The van der Waals surface area contributed by atoms with Crippen LogP contribution in [0.3, 0.4) is 0 Å². The molecule has 0 aliphatic carbocycles. The fraction of sp³-hybridized carbons (Fsp3) is 0.562. The molecule has 1 atom stereocenters. The van der Waals surface area contributed by atoms with E-state index in [1.165, 1.54) is 17.9 Å². The lowest BCUT2D eigenvalue weighted by atomic mass is 10.1. The van der Waals surface area contributed by atoms with Gasteiger partial charge in [-0.2, -0.15) is 0 Å². The number of hydrogen-bond acceptors (Lipinski definition) is 4. The first kappa shape index (κ1) is 17.7. The second-order valence-electron chi connectivity index (χ2n) is 5.91. The smallest absolute Gasteiger partial charge is 0.355 e. The van der Waals surface area contributed by atoms with Gasteiger partial charge in [-0.1, -0.05) is 18.6 Å². The van der Waals surface area contributed by atoms with Crippen LogP contribution in [0.15, 0.2) is 23.2 Å². The topological polar surface area (TPSA) is 77.4 Å². The third-order valence-corrected chi connectivity index (χ3v) is 5.66. The van der Waals surface area contributed by atoms with Crippen LogP contribution in [0.2, 0.25) is 0 Å². The number of methoxy groups -OCH3 is 1. The molecule has 0 spiro atoms. The number of aryl methyl sites for hydroxylation is 1. The molecule has 1 aromatic heterocycles. The normalized spacial score (nSPS) is 23.2. The molecule has 0 amide bonds. The van der Waals surface area contributed by atoms with Gasteiger partial charge in [-0.15, -0.1) is 0 Å². The zero-order valence-electron chi connectivity index (χ0n) is 13.8. The highest BCUT2D eigenvalue weighted by atomic mass is 32.2. The largest absolute Gasteiger partial charge is 0.464 e. The first-order chi connectivity index (χ1) is 10.9. The van der Waals surface area contributed by atoms with Gasteiger partial charge in [0.25, 0.3) is 0 Å². The molecule has 0 saturated carbocycles. The molecule has 128 valence electrons. The van der Waals surface area contributed by atoms with Crippen LogP contribution in [-0.4, -0.2) is 32.1 Å². The molecule has 2 rings (SSSR count). The van der Waals surface area contributed by atoms with E-state index in [9.17, 15) is 13.2 Å². The maximum absolute atomic E-state index is 12.7. The molecule has 1 aliphatic heterocycles. The molecule has 1 aliphatic rings. The first-order valence-corrected chi connectivity index (χ1v) is 9.29. The summed E-state index contributed by atoms with van der Waals surface area (Å²) in [5, 5.41) is 0. The number of rotatable bonds is 1. The lowest BCUT2D eigenvalue weighted by molar-refractivity contribution is 0.0588. The Balaban J connectivity index is 2.55. The predicted octanol–water partition coefficient (Wildman–Crippen LogP) is 2.15. The zero-order valence-corrected chi connectivity index (χ0v) is 14.6. The van der Waals surface area contributed by atoms with E-state index in [1.54, 1.807) is 7.05 Å². The Morgan fingerprint density at radius 2 is 2.09 bits per heavy atom. The van der Waals surface area contributed by atoms with Crippen molar-refractivity contribution in [2.24, 2.45) is 7.05 Å². The molecule has 23 heavy (non-hydrogen) atoms. The van der Waals surface area contributed by atoms with Crippen molar-refractivity contribution in [3.63, 3.8) is 0 Å². The van der Waals surface area contributed by atoms with Gasteiger partial charge in [0, 0.05) is 24.8 Å². The van der Waals surface area contributed by atoms with Gasteiger partial charge in [0.15, 0.2) is 0 Å². The van der Waals surface area contributed by atoms with E-state index in [-0.39, 0.29) is 16.6 Å². The molecular formula is C16H24N2O4S. The average Bonchev–Trinajstić information content (AvgIpc) is 2.81. The Kier molecular flexibility index (Phi) is 5.64. The van der Waals surface area contributed by atoms with Gasteiger partial charge in [0.2, 0.25) is 10.0 Å². The van der Waals surface area contributed by atoms with Gasteiger partial charge in [-0.3, -0.25) is 0 Å². The number of nitrogens with one attached hydrogen (secondary N) is 1. The van der Waals surface area contributed by atoms with Crippen LogP contribution in [0.5, 0.6) is 0 Å². The van der Waals surface area contributed by atoms with Crippen LogP contribution in [0.1, 0.15) is 48.7 Å². The van der Waals surface area contributed by atoms with Gasteiger partial charge in [0.1, 0.15) is 10.6 Å². The monoisotopic (exact) mass is 340 g/mol. The van der Waals surface area contributed by atoms with Crippen molar-refractivity contribution < 1.29 is 17.9 Å². The summed E-state index contributed by atoms with van der Waals surface area (Å²) in [6.07, 6.45) is 9.58.